The van der Waals surface area contributed by atoms with E-state index in [0.29, 0.717) is 17.1 Å². The van der Waals surface area contributed by atoms with Crippen LogP contribution in [0.1, 0.15) is 33.0 Å². The lowest BCUT2D eigenvalue weighted by Crippen LogP contribution is -2.39. The van der Waals surface area contributed by atoms with Gasteiger partial charge >= 0.3 is 0 Å². The number of likely N-dealkylation sites (N-methyl/N-ethyl adjacent to an activating group) is 1. The number of nitrogen functional groups attached to an aromatic ring is 1. The number of aryl methyl sites for hydroxylation is 2. The van der Waals surface area contributed by atoms with Crippen LogP contribution in [0.5, 0.6) is 0 Å². The Balaban J connectivity index is 1.27. The number of anilines is 2. The van der Waals surface area contributed by atoms with E-state index in [1.807, 2.05) is 32.2 Å². The predicted octanol–water partition coefficient (Wildman–Crippen LogP) is 2.86. The Morgan fingerprint density at radius 2 is 2.12 bits per heavy atom. The molecule has 33 heavy (non-hydrogen) atoms. The molecule has 2 aliphatic rings. The molecule has 5 rings (SSSR count). The molecule has 1 aliphatic heterocycles. The molecule has 4 N–H and O–H groups in total. The minimum absolute atomic E-state index is 0.00660. The van der Waals surface area contributed by atoms with E-state index in [2.05, 4.69) is 26.6 Å². The van der Waals surface area contributed by atoms with Gasteiger partial charge in [-0.15, -0.1) is 11.3 Å². The standard InChI is InChI=1S/C24H29FN6OS/c1-13-3-6-17-21(26)22(33-24(17)28-13)23(32)29-16-5-7-18-14(9-16)4-8-20(30-18)31-11-15(10-25)19(12-31)27-2/h3-4,6,8,15-16,19,27H,5,7,9-12,26H2,1-2H3,(H,29,32)/t15-,16+,19+/m1/s1. The van der Waals surface area contributed by atoms with Gasteiger partial charge in [-0.3, -0.25) is 9.18 Å². The number of carbonyl (C=O) groups is 1. The summed E-state index contributed by atoms with van der Waals surface area (Å²) >= 11 is 1.34. The first kappa shape index (κ1) is 22.0. The second-order valence-corrected chi connectivity index (χ2v) is 10.1. The van der Waals surface area contributed by atoms with Crippen molar-refractivity contribution < 1.29 is 9.18 Å². The average molecular weight is 469 g/mol. The molecule has 7 nitrogen and oxygen atoms in total. The molecule has 0 radical (unpaired) electrons. The topological polar surface area (TPSA) is 96.2 Å². The van der Waals surface area contributed by atoms with Gasteiger partial charge in [0, 0.05) is 47.9 Å². The van der Waals surface area contributed by atoms with Crippen LogP contribution in [0, 0.1) is 12.8 Å². The second-order valence-electron chi connectivity index (χ2n) is 9.05. The third-order valence-electron chi connectivity index (χ3n) is 6.86. The summed E-state index contributed by atoms with van der Waals surface area (Å²) in [6.07, 6.45) is 2.36. The van der Waals surface area contributed by atoms with Crippen molar-refractivity contribution in [3.63, 3.8) is 0 Å². The van der Waals surface area contributed by atoms with Crippen molar-refractivity contribution in [1.29, 1.82) is 0 Å². The highest BCUT2D eigenvalue weighted by atomic mass is 32.1. The van der Waals surface area contributed by atoms with E-state index in [4.69, 9.17) is 10.7 Å². The van der Waals surface area contributed by atoms with E-state index in [1.165, 1.54) is 11.3 Å². The molecule has 0 unspecified atom stereocenters. The number of fused-ring (bicyclic) bond motifs is 2. The number of rotatable bonds is 5. The minimum Gasteiger partial charge on any atom is -0.397 e. The van der Waals surface area contributed by atoms with Crippen LogP contribution in [0.4, 0.5) is 15.9 Å². The van der Waals surface area contributed by atoms with Crippen LogP contribution in [0.2, 0.25) is 0 Å². The zero-order valence-electron chi connectivity index (χ0n) is 18.9. The van der Waals surface area contributed by atoms with Gasteiger partial charge in [0.05, 0.1) is 12.4 Å². The highest BCUT2D eigenvalue weighted by molar-refractivity contribution is 7.21. The molecule has 1 fully saturated rings. The van der Waals surface area contributed by atoms with Gasteiger partial charge in [-0.1, -0.05) is 6.07 Å². The number of amides is 1. The normalized spacial score (nSPS) is 22.5. The number of alkyl halides is 1. The highest BCUT2D eigenvalue weighted by Gasteiger charge is 2.33. The number of pyridine rings is 2. The molecule has 1 amide bonds. The number of hydrogen-bond acceptors (Lipinski definition) is 7. The molecule has 0 aromatic carbocycles. The van der Waals surface area contributed by atoms with Crippen molar-refractivity contribution in [3.8, 4) is 0 Å². The van der Waals surface area contributed by atoms with E-state index in [9.17, 15) is 9.18 Å². The van der Waals surface area contributed by atoms with Crippen molar-refractivity contribution in [3.05, 3.63) is 46.1 Å². The fraction of sp³-hybridized carbons (Fsp3) is 0.458. The van der Waals surface area contributed by atoms with Crippen LogP contribution < -0.4 is 21.3 Å². The number of carbonyl (C=O) groups excluding carboxylic acids is 1. The van der Waals surface area contributed by atoms with E-state index < -0.39 is 0 Å². The van der Waals surface area contributed by atoms with Gasteiger partial charge in [0.15, 0.2) is 0 Å². The molecule has 9 heteroatoms. The first-order valence-electron chi connectivity index (χ1n) is 11.4. The van der Waals surface area contributed by atoms with Crippen LogP contribution in [-0.2, 0) is 12.8 Å². The summed E-state index contributed by atoms with van der Waals surface area (Å²) in [5.74, 6) is 0.764. The van der Waals surface area contributed by atoms with Gasteiger partial charge in [0.2, 0.25) is 0 Å². The molecular formula is C24H29FN6OS. The maximum absolute atomic E-state index is 13.3. The summed E-state index contributed by atoms with van der Waals surface area (Å²) in [5, 5.41) is 7.21. The summed E-state index contributed by atoms with van der Waals surface area (Å²) in [6.45, 7) is 3.04. The van der Waals surface area contributed by atoms with Gasteiger partial charge in [-0.25, -0.2) is 9.97 Å². The van der Waals surface area contributed by atoms with Crippen molar-refractivity contribution >= 4 is 39.0 Å². The lowest BCUT2D eigenvalue weighted by molar-refractivity contribution is 0.0938. The van der Waals surface area contributed by atoms with E-state index in [1.54, 1.807) is 0 Å². The predicted molar refractivity (Wildman–Crippen MR) is 131 cm³/mol. The Kier molecular flexibility index (Phi) is 5.92. The largest absolute Gasteiger partial charge is 0.397 e. The second kappa shape index (κ2) is 8.87. The fourth-order valence-electron chi connectivity index (χ4n) is 4.95. The van der Waals surface area contributed by atoms with Gasteiger partial charge in [-0.2, -0.15) is 0 Å². The van der Waals surface area contributed by atoms with Crippen molar-refractivity contribution in [2.24, 2.45) is 5.92 Å². The SMILES string of the molecule is CN[C@H]1CN(c2ccc3c(n2)CC[C@H](NC(=O)c2sc4nc(C)ccc4c2N)C3)C[C@H]1CF. The molecule has 1 saturated heterocycles. The molecule has 0 bridgehead atoms. The van der Waals surface area contributed by atoms with E-state index in [0.717, 1.165) is 58.8 Å². The zero-order chi connectivity index (χ0) is 23.1. The summed E-state index contributed by atoms with van der Waals surface area (Å²) < 4.78 is 13.3. The number of halogens is 1. The summed E-state index contributed by atoms with van der Waals surface area (Å²) in [7, 11) is 1.88. The summed E-state index contributed by atoms with van der Waals surface area (Å²) in [5.41, 5.74) is 9.89. The van der Waals surface area contributed by atoms with Gasteiger partial charge in [0.25, 0.3) is 5.91 Å². The van der Waals surface area contributed by atoms with Gasteiger partial charge in [-0.05, 0) is 57.0 Å². The number of thiophene rings is 1. The summed E-state index contributed by atoms with van der Waals surface area (Å²) in [4.78, 5) is 25.9. The summed E-state index contributed by atoms with van der Waals surface area (Å²) in [6, 6.07) is 8.14. The molecule has 0 spiro atoms. The van der Waals surface area contributed by atoms with Gasteiger partial charge in [0.1, 0.15) is 15.5 Å². The lowest BCUT2D eigenvalue weighted by Gasteiger charge is -2.26. The Labute approximate surface area is 196 Å². The number of aromatic nitrogens is 2. The van der Waals surface area contributed by atoms with Crippen LogP contribution in [0.25, 0.3) is 10.2 Å². The first-order chi connectivity index (χ1) is 16.0. The van der Waals surface area contributed by atoms with Crippen LogP contribution >= 0.6 is 11.3 Å². The van der Waals surface area contributed by atoms with Crippen LogP contribution in [-0.4, -0.2) is 54.8 Å². The molecule has 1 aliphatic carbocycles. The fourth-order valence-corrected chi connectivity index (χ4v) is 5.99. The van der Waals surface area contributed by atoms with Gasteiger partial charge < -0.3 is 21.3 Å². The number of nitrogens with zero attached hydrogens (tertiary/aromatic N) is 3. The quantitative estimate of drug-likeness (QED) is 0.533. The molecule has 0 saturated carbocycles. The molecule has 3 aromatic rings. The molecule has 4 heterocycles. The van der Waals surface area contributed by atoms with Crippen molar-refractivity contribution in [2.75, 3.05) is 37.4 Å². The number of hydrogen-bond donors (Lipinski definition) is 3. The minimum atomic E-state index is -0.325. The Morgan fingerprint density at radius 1 is 1.27 bits per heavy atom. The molecule has 3 atom stereocenters. The Morgan fingerprint density at radius 3 is 2.88 bits per heavy atom. The van der Waals surface area contributed by atoms with Crippen molar-refractivity contribution in [1.82, 2.24) is 20.6 Å². The van der Waals surface area contributed by atoms with Crippen LogP contribution in [0.3, 0.4) is 0 Å². The van der Waals surface area contributed by atoms with Crippen LogP contribution in [0.15, 0.2) is 24.3 Å². The zero-order valence-corrected chi connectivity index (χ0v) is 19.7. The average Bonchev–Trinajstić information content (AvgIpc) is 3.39. The molecule has 3 aromatic heterocycles. The number of nitrogens with one attached hydrogen (secondary N) is 2. The molecular weight excluding hydrogens is 439 g/mol. The third kappa shape index (κ3) is 4.15. The lowest BCUT2D eigenvalue weighted by atomic mass is 9.91. The Bertz CT molecular complexity index is 1190. The first-order valence-corrected chi connectivity index (χ1v) is 12.2. The Hall–Kier alpha value is -2.78. The maximum atomic E-state index is 13.3. The van der Waals surface area contributed by atoms with E-state index >= 15 is 0 Å². The monoisotopic (exact) mass is 468 g/mol. The smallest absolute Gasteiger partial charge is 0.263 e. The highest BCUT2D eigenvalue weighted by Crippen LogP contribution is 2.33. The number of nitrogens with two attached hydrogens (primary N) is 1. The third-order valence-corrected chi connectivity index (χ3v) is 7.97. The maximum Gasteiger partial charge on any atom is 0.263 e. The van der Waals surface area contributed by atoms with Crippen molar-refractivity contribution in [2.45, 2.75) is 38.3 Å². The molecule has 174 valence electrons. The van der Waals surface area contributed by atoms with E-state index in [-0.39, 0.29) is 30.6 Å².